The number of thioether (sulfide) groups is 1. The molecule has 0 amide bonds. The van der Waals surface area contributed by atoms with E-state index in [0.29, 0.717) is 0 Å². The zero-order valence-corrected chi connectivity index (χ0v) is 11.7. The van der Waals surface area contributed by atoms with Gasteiger partial charge in [0.1, 0.15) is 0 Å². The van der Waals surface area contributed by atoms with Crippen molar-refractivity contribution >= 4 is 23.5 Å². The van der Waals surface area contributed by atoms with Crippen molar-refractivity contribution in [1.29, 1.82) is 0 Å². The summed E-state index contributed by atoms with van der Waals surface area (Å²) < 4.78 is 40.9. The quantitative estimate of drug-likeness (QED) is 0.473. The summed E-state index contributed by atoms with van der Waals surface area (Å²) in [5, 5.41) is 0. The van der Waals surface area contributed by atoms with Gasteiger partial charge in [0.05, 0.1) is 13.5 Å². The highest BCUT2D eigenvalue weighted by molar-refractivity contribution is 8.00. The molecular weight excluding hydrogens is 293 g/mol. The molecule has 0 aliphatic heterocycles. The van der Waals surface area contributed by atoms with Crippen LogP contribution in [0, 0.1) is 5.92 Å². The molecule has 7 heteroatoms. The number of ether oxygens (including phenoxy) is 1. The van der Waals surface area contributed by atoms with Gasteiger partial charge in [-0.2, -0.15) is 13.2 Å². The largest absolute Gasteiger partial charge is 0.469 e. The minimum absolute atomic E-state index is 0.00895. The molecule has 0 radical (unpaired) electrons. The fourth-order valence-electron chi connectivity index (χ4n) is 1.53. The van der Waals surface area contributed by atoms with Crippen LogP contribution in [0.25, 0.3) is 0 Å². The second kappa shape index (κ2) is 6.78. The summed E-state index contributed by atoms with van der Waals surface area (Å²) >= 11 is -0.242. The molecule has 0 aliphatic carbocycles. The van der Waals surface area contributed by atoms with Gasteiger partial charge in [-0.25, -0.2) is 0 Å². The number of halogens is 3. The average Bonchev–Trinajstić information content (AvgIpc) is 2.36. The Kier molecular flexibility index (Phi) is 5.62. The van der Waals surface area contributed by atoms with E-state index in [2.05, 4.69) is 4.74 Å². The predicted octanol–water partition coefficient (Wildman–Crippen LogP) is 3.68. The fraction of sp³-hybridized carbons (Fsp3) is 0.385. The lowest BCUT2D eigenvalue weighted by Gasteiger charge is -2.10. The van der Waals surface area contributed by atoms with Crippen molar-refractivity contribution in [3.63, 3.8) is 0 Å². The molecule has 0 aromatic heterocycles. The molecule has 20 heavy (non-hydrogen) atoms. The molecule has 0 heterocycles. The van der Waals surface area contributed by atoms with E-state index in [1.807, 2.05) is 0 Å². The first-order valence-electron chi connectivity index (χ1n) is 5.70. The van der Waals surface area contributed by atoms with Crippen LogP contribution < -0.4 is 0 Å². The van der Waals surface area contributed by atoms with Crippen LogP contribution in [0.2, 0.25) is 0 Å². The molecule has 0 saturated carbocycles. The summed E-state index contributed by atoms with van der Waals surface area (Å²) in [5.74, 6) is -1.39. The maximum Gasteiger partial charge on any atom is 0.446 e. The Balaban J connectivity index is 2.73. The van der Waals surface area contributed by atoms with Crippen LogP contribution in [0.15, 0.2) is 29.2 Å². The van der Waals surface area contributed by atoms with E-state index in [0.717, 1.165) is 0 Å². The number of ketones is 1. The highest BCUT2D eigenvalue weighted by Gasteiger charge is 2.29. The number of benzene rings is 1. The number of hydrogen-bond donors (Lipinski definition) is 0. The van der Waals surface area contributed by atoms with E-state index in [4.69, 9.17) is 0 Å². The number of esters is 1. The Bertz CT molecular complexity index is 483. The summed E-state index contributed by atoms with van der Waals surface area (Å²) in [6.45, 7) is 1.57. The third-order valence-corrected chi connectivity index (χ3v) is 3.26. The van der Waals surface area contributed by atoms with Gasteiger partial charge >= 0.3 is 11.5 Å². The first-order valence-corrected chi connectivity index (χ1v) is 6.51. The van der Waals surface area contributed by atoms with Crippen LogP contribution in [0.1, 0.15) is 23.7 Å². The van der Waals surface area contributed by atoms with Crippen LogP contribution in [0.5, 0.6) is 0 Å². The molecule has 0 fully saturated rings. The SMILES string of the molecule is COC(=O)CC(C)C(=O)c1ccc(SC(F)(F)F)cc1. The van der Waals surface area contributed by atoms with Gasteiger partial charge in [-0.05, 0) is 23.9 Å². The molecule has 0 saturated heterocycles. The Labute approximate surface area is 118 Å². The topological polar surface area (TPSA) is 43.4 Å². The zero-order valence-electron chi connectivity index (χ0n) is 10.9. The first kappa shape index (κ1) is 16.6. The highest BCUT2D eigenvalue weighted by atomic mass is 32.2. The second-order valence-corrected chi connectivity index (χ2v) is 5.26. The molecule has 0 N–H and O–H groups in total. The van der Waals surface area contributed by atoms with Gasteiger partial charge in [0.2, 0.25) is 0 Å². The second-order valence-electron chi connectivity index (χ2n) is 4.12. The molecule has 0 spiro atoms. The lowest BCUT2D eigenvalue weighted by Crippen LogP contribution is -2.16. The molecule has 1 atom stereocenters. The summed E-state index contributed by atoms with van der Waals surface area (Å²) in [6, 6.07) is 5.11. The Morgan fingerprint density at radius 1 is 1.25 bits per heavy atom. The molecule has 1 aromatic carbocycles. The van der Waals surface area contributed by atoms with Gasteiger partial charge in [0.25, 0.3) is 0 Å². The molecule has 3 nitrogen and oxygen atoms in total. The standard InChI is InChI=1S/C13H13F3O3S/c1-8(7-11(17)19-2)12(18)9-3-5-10(6-4-9)20-13(14,15)16/h3-6,8H,7H2,1-2H3. The maximum atomic E-state index is 12.2. The third kappa shape index (κ3) is 5.24. The summed E-state index contributed by atoms with van der Waals surface area (Å²) in [7, 11) is 1.22. The van der Waals surface area contributed by atoms with Gasteiger partial charge in [0.15, 0.2) is 5.78 Å². The smallest absolute Gasteiger partial charge is 0.446 e. The first-order chi connectivity index (χ1) is 9.23. The average molecular weight is 306 g/mol. The maximum absolute atomic E-state index is 12.2. The van der Waals surface area contributed by atoms with Crippen LogP contribution in [-0.2, 0) is 9.53 Å². The van der Waals surface area contributed by atoms with E-state index in [1.165, 1.54) is 31.4 Å². The number of rotatable bonds is 5. The monoisotopic (exact) mass is 306 g/mol. The number of carbonyl (C=O) groups excluding carboxylic acids is 2. The molecular formula is C13H13F3O3S. The molecule has 1 aromatic rings. The number of alkyl halides is 3. The lowest BCUT2D eigenvalue weighted by atomic mass is 9.96. The lowest BCUT2D eigenvalue weighted by molar-refractivity contribution is -0.141. The number of carbonyl (C=O) groups is 2. The predicted molar refractivity (Wildman–Crippen MR) is 68.5 cm³/mol. The normalized spacial score (nSPS) is 12.8. The van der Waals surface area contributed by atoms with E-state index in [-0.39, 0.29) is 34.4 Å². The van der Waals surface area contributed by atoms with Crippen LogP contribution >= 0.6 is 11.8 Å². The summed E-state index contributed by atoms with van der Waals surface area (Å²) in [5.41, 5.74) is -4.09. The van der Waals surface area contributed by atoms with Gasteiger partial charge in [-0.1, -0.05) is 19.1 Å². The Hall–Kier alpha value is -1.50. The van der Waals surface area contributed by atoms with Gasteiger partial charge in [-0.15, -0.1) is 0 Å². The zero-order chi connectivity index (χ0) is 15.3. The van der Waals surface area contributed by atoms with Crippen molar-refractivity contribution in [2.75, 3.05) is 7.11 Å². The van der Waals surface area contributed by atoms with E-state index in [9.17, 15) is 22.8 Å². The van der Waals surface area contributed by atoms with E-state index < -0.39 is 17.4 Å². The van der Waals surface area contributed by atoms with Crippen molar-refractivity contribution in [3.8, 4) is 0 Å². The minimum Gasteiger partial charge on any atom is -0.469 e. The molecule has 1 rings (SSSR count). The van der Waals surface area contributed by atoms with Crippen molar-refractivity contribution in [1.82, 2.24) is 0 Å². The van der Waals surface area contributed by atoms with Crippen molar-refractivity contribution in [2.24, 2.45) is 5.92 Å². The van der Waals surface area contributed by atoms with Crippen molar-refractivity contribution < 1.29 is 27.5 Å². The van der Waals surface area contributed by atoms with E-state index >= 15 is 0 Å². The summed E-state index contributed by atoms with van der Waals surface area (Å²) in [6.07, 6.45) is -0.0611. The van der Waals surface area contributed by atoms with Gasteiger partial charge in [-0.3, -0.25) is 9.59 Å². The van der Waals surface area contributed by atoms with E-state index in [1.54, 1.807) is 6.92 Å². The Morgan fingerprint density at radius 2 is 1.80 bits per heavy atom. The van der Waals surface area contributed by atoms with Crippen LogP contribution in [0.3, 0.4) is 0 Å². The van der Waals surface area contributed by atoms with Crippen LogP contribution in [0.4, 0.5) is 13.2 Å². The van der Waals surface area contributed by atoms with Gasteiger partial charge in [0, 0.05) is 16.4 Å². The summed E-state index contributed by atoms with van der Waals surface area (Å²) in [4.78, 5) is 23.0. The molecule has 110 valence electrons. The number of hydrogen-bond acceptors (Lipinski definition) is 4. The van der Waals surface area contributed by atoms with Crippen molar-refractivity contribution in [3.05, 3.63) is 29.8 Å². The van der Waals surface area contributed by atoms with Crippen LogP contribution in [-0.4, -0.2) is 24.4 Å². The fourth-order valence-corrected chi connectivity index (χ4v) is 2.07. The Morgan fingerprint density at radius 3 is 2.25 bits per heavy atom. The minimum atomic E-state index is -4.36. The van der Waals surface area contributed by atoms with Crippen molar-refractivity contribution in [2.45, 2.75) is 23.7 Å². The third-order valence-electron chi connectivity index (χ3n) is 2.52. The number of methoxy groups -OCH3 is 1. The molecule has 0 bridgehead atoms. The van der Waals surface area contributed by atoms with Gasteiger partial charge < -0.3 is 4.74 Å². The number of Topliss-reactive ketones (excluding diaryl/α,β-unsaturated/α-hetero) is 1. The molecule has 1 unspecified atom stereocenters. The molecule has 0 aliphatic rings. The highest BCUT2D eigenvalue weighted by Crippen LogP contribution is 2.36.